The van der Waals surface area contributed by atoms with Gasteiger partial charge in [0.15, 0.2) is 16.6 Å². The van der Waals surface area contributed by atoms with E-state index in [9.17, 15) is 10.1 Å². The van der Waals surface area contributed by atoms with Crippen LogP contribution in [0.3, 0.4) is 0 Å². The van der Waals surface area contributed by atoms with Crippen LogP contribution in [-0.4, -0.2) is 64.8 Å². The largest absolute Gasteiger partial charge is 0.494 e. The van der Waals surface area contributed by atoms with E-state index < -0.39 is 5.54 Å². The zero-order valence-corrected chi connectivity index (χ0v) is 20.0. The fraction of sp³-hybridized carbons (Fsp3) is 0.458. The van der Waals surface area contributed by atoms with Gasteiger partial charge in [-0.1, -0.05) is 0 Å². The van der Waals surface area contributed by atoms with Crippen LogP contribution in [0.1, 0.15) is 37.8 Å². The second-order valence-corrected chi connectivity index (χ2v) is 9.34. The summed E-state index contributed by atoms with van der Waals surface area (Å²) in [7, 11) is 3.58. The molecule has 1 saturated carbocycles. The fourth-order valence-electron chi connectivity index (χ4n) is 4.85. The Morgan fingerprint density at radius 1 is 1.18 bits per heavy atom. The number of anilines is 2. The number of ether oxygens (including phenoxy) is 2. The molecule has 0 atom stereocenters. The van der Waals surface area contributed by atoms with E-state index in [0.29, 0.717) is 35.3 Å². The van der Waals surface area contributed by atoms with Crippen molar-refractivity contribution in [2.24, 2.45) is 0 Å². The first kappa shape index (κ1) is 22.5. The maximum absolute atomic E-state index is 13.6. The smallest absolute Gasteiger partial charge is 0.259 e. The number of pyridine rings is 2. The molecule has 1 amide bonds. The minimum atomic E-state index is -0.726. The maximum atomic E-state index is 13.6. The van der Waals surface area contributed by atoms with E-state index in [-0.39, 0.29) is 17.7 Å². The van der Waals surface area contributed by atoms with Crippen LogP contribution in [-0.2, 0) is 4.79 Å². The quantitative estimate of drug-likeness (QED) is 0.601. The number of nitrogens with zero attached hydrogens (tertiary/aromatic N) is 6. The number of rotatable bonds is 5. The highest BCUT2D eigenvalue weighted by molar-refractivity contribution is 7.81. The van der Waals surface area contributed by atoms with Gasteiger partial charge in [0.05, 0.1) is 30.9 Å². The van der Waals surface area contributed by atoms with Gasteiger partial charge in [-0.25, -0.2) is 9.97 Å². The highest BCUT2D eigenvalue weighted by atomic mass is 32.1. The van der Waals surface area contributed by atoms with E-state index in [0.717, 1.165) is 38.0 Å². The van der Waals surface area contributed by atoms with Crippen LogP contribution in [0.25, 0.3) is 0 Å². The van der Waals surface area contributed by atoms with Crippen molar-refractivity contribution in [2.75, 3.05) is 37.0 Å². The first-order valence-corrected chi connectivity index (χ1v) is 11.8. The summed E-state index contributed by atoms with van der Waals surface area (Å²) >= 11 is 5.80. The molecule has 4 heterocycles. The van der Waals surface area contributed by atoms with Gasteiger partial charge in [0.2, 0.25) is 5.88 Å². The van der Waals surface area contributed by atoms with Crippen molar-refractivity contribution in [2.45, 2.75) is 43.7 Å². The lowest BCUT2D eigenvalue weighted by Gasteiger charge is -2.42. The van der Waals surface area contributed by atoms with Crippen molar-refractivity contribution in [3.63, 3.8) is 0 Å². The highest BCUT2D eigenvalue weighted by Crippen LogP contribution is 2.48. The molecule has 10 heteroatoms. The van der Waals surface area contributed by atoms with Gasteiger partial charge < -0.3 is 19.3 Å². The molecule has 3 aliphatic rings. The number of aromatic nitrogens is 2. The minimum absolute atomic E-state index is 0.0936. The normalized spacial score (nSPS) is 20.4. The molecular formula is C24H26N6O3S. The third-order valence-electron chi connectivity index (χ3n) is 6.95. The van der Waals surface area contributed by atoms with Crippen molar-refractivity contribution >= 4 is 34.6 Å². The van der Waals surface area contributed by atoms with E-state index >= 15 is 0 Å². The lowest BCUT2D eigenvalue weighted by Crippen LogP contribution is -2.55. The molecule has 3 fully saturated rings. The summed E-state index contributed by atoms with van der Waals surface area (Å²) in [5, 5.41) is 9.61. The second-order valence-electron chi connectivity index (χ2n) is 8.97. The van der Waals surface area contributed by atoms with Crippen LogP contribution in [0.2, 0.25) is 0 Å². The van der Waals surface area contributed by atoms with Gasteiger partial charge in [0.25, 0.3) is 5.91 Å². The van der Waals surface area contributed by atoms with E-state index in [1.165, 1.54) is 18.2 Å². The third-order valence-corrected chi connectivity index (χ3v) is 7.31. The van der Waals surface area contributed by atoms with Gasteiger partial charge in [0, 0.05) is 25.2 Å². The number of methoxy groups -OCH3 is 1. The molecule has 176 valence electrons. The summed E-state index contributed by atoms with van der Waals surface area (Å²) in [6, 6.07) is 7.38. The summed E-state index contributed by atoms with van der Waals surface area (Å²) in [6.45, 7) is 2.03. The number of amides is 1. The van der Waals surface area contributed by atoms with Crippen LogP contribution in [0, 0.1) is 11.3 Å². The second kappa shape index (κ2) is 8.81. The molecule has 1 spiro atoms. The average Bonchev–Trinajstić information content (AvgIpc) is 3.07. The van der Waals surface area contributed by atoms with Crippen LogP contribution < -0.4 is 19.3 Å². The molecular weight excluding hydrogens is 452 g/mol. The number of nitriles is 1. The molecule has 34 heavy (non-hydrogen) atoms. The Labute approximate surface area is 203 Å². The number of carbonyl (C=O) groups is 1. The molecule has 2 aromatic heterocycles. The summed E-state index contributed by atoms with van der Waals surface area (Å²) in [6.07, 6.45) is 7.68. The molecule has 5 rings (SSSR count). The molecule has 0 unspecified atom stereocenters. The number of piperidine rings is 1. The molecule has 1 aliphatic carbocycles. The Balaban J connectivity index is 1.41. The monoisotopic (exact) mass is 478 g/mol. The molecule has 2 aliphatic heterocycles. The van der Waals surface area contributed by atoms with Crippen LogP contribution >= 0.6 is 12.2 Å². The fourth-order valence-corrected chi connectivity index (χ4v) is 5.32. The van der Waals surface area contributed by atoms with Crippen molar-refractivity contribution in [3.8, 4) is 17.7 Å². The van der Waals surface area contributed by atoms with Gasteiger partial charge in [-0.3, -0.25) is 9.69 Å². The average molecular weight is 479 g/mol. The molecule has 2 saturated heterocycles. The zero-order chi connectivity index (χ0) is 23.9. The van der Waals surface area contributed by atoms with E-state index in [1.54, 1.807) is 12.3 Å². The third kappa shape index (κ3) is 3.65. The Kier molecular flexibility index (Phi) is 5.83. The molecule has 0 N–H and O–H groups in total. The van der Waals surface area contributed by atoms with Crippen molar-refractivity contribution < 1.29 is 14.3 Å². The zero-order valence-electron chi connectivity index (χ0n) is 19.2. The topological polar surface area (TPSA) is 94.8 Å². The van der Waals surface area contributed by atoms with Crippen LogP contribution in [0.4, 0.5) is 11.4 Å². The van der Waals surface area contributed by atoms with Gasteiger partial charge in [0.1, 0.15) is 17.7 Å². The van der Waals surface area contributed by atoms with Crippen LogP contribution in [0.5, 0.6) is 11.6 Å². The predicted molar refractivity (Wildman–Crippen MR) is 130 cm³/mol. The number of hydrogen-bond acceptors (Lipinski definition) is 8. The van der Waals surface area contributed by atoms with Crippen molar-refractivity contribution in [1.29, 1.82) is 5.26 Å². The molecule has 2 aromatic rings. The molecule has 0 aromatic carbocycles. The van der Waals surface area contributed by atoms with E-state index in [4.69, 9.17) is 21.7 Å². The molecule has 9 nitrogen and oxygen atoms in total. The van der Waals surface area contributed by atoms with Gasteiger partial charge in [-0.2, -0.15) is 5.26 Å². The highest BCUT2D eigenvalue weighted by Gasteiger charge is 2.59. The SMILES string of the molecule is COc1cc(N2C(=O)C3(CCC3)N(c3ccc(OC4CCN(C)CC4)nc3)C2=S)cnc1C#N. The standard InChI is InChI=1S/C24H26N6O3S/c1-28-10-6-18(7-11-28)33-21-5-4-16(14-27-21)30-23(34)29(22(31)24(30)8-3-9-24)17-12-20(32-2)19(13-25)26-15-17/h4-5,12,14-15,18H,3,6-11H2,1-2H3. The van der Waals surface area contributed by atoms with Crippen molar-refractivity contribution in [3.05, 3.63) is 36.3 Å². The Morgan fingerprint density at radius 2 is 1.91 bits per heavy atom. The van der Waals surface area contributed by atoms with Gasteiger partial charge in [-0.15, -0.1) is 0 Å². The molecule has 0 bridgehead atoms. The summed E-state index contributed by atoms with van der Waals surface area (Å²) < 4.78 is 11.4. The number of carbonyl (C=O) groups excluding carboxylic acids is 1. The predicted octanol–water partition coefficient (Wildman–Crippen LogP) is 2.89. The Bertz CT molecular complexity index is 1150. The minimum Gasteiger partial charge on any atom is -0.494 e. The van der Waals surface area contributed by atoms with Gasteiger partial charge >= 0.3 is 0 Å². The van der Waals surface area contributed by atoms with Gasteiger partial charge in [-0.05, 0) is 57.4 Å². The van der Waals surface area contributed by atoms with Crippen molar-refractivity contribution in [1.82, 2.24) is 14.9 Å². The number of hydrogen-bond donors (Lipinski definition) is 0. The lowest BCUT2D eigenvalue weighted by molar-refractivity contribution is -0.123. The number of likely N-dealkylation sites (tertiary alicyclic amines) is 1. The Hall–Kier alpha value is -3.29. The first-order valence-electron chi connectivity index (χ1n) is 11.4. The summed E-state index contributed by atoms with van der Waals surface area (Å²) in [5.41, 5.74) is 0.666. The van der Waals surface area contributed by atoms with Crippen LogP contribution in [0.15, 0.2) is 30.6 Å². The summed E-state index contributed by atoms with van der Waals surface area (Å²) in [4.78, 5) is 28.0. The van der Waals surface area contributed by atoms with E-state index in [1.807, 2.05) is 23.1 Å². The number of thiocarbonyl (C=S) groups is 1. The summed E-state index contributed by atoms with van der Waals surface area (Å²) in [5.74, 6) is 0.785. The lowest BCUT2D eigenvalue weighted by atomic mass is 9.75. The maximum Gasteiger partial charge on any atom is 0.259 e. The first-order chi connectivity index (χ1) is 16.5. The Morgan fingerprint density at radius 3 is 2.50 bits per heavy atom. The molecule has 0 radical (unpaired) electrons. The van der Waals surface area contributed by atoms with E-state index in [2.05, 4.69) is 21.9 Å².